The van der Waals surface area contributed by atoms with E-state index in [1.807, 2.05) is 18.2 Å². The van der Waals surface area contributed by atoms with Gasteiger partial charge in [0, 0.05) is 12.6 Å². The fourth-order valence-electron chi connectivity index (χ4n) is 3.56. The summed E-state index contributed by atoms with van der Waals surface area (Å²) in [6.45, 7) is 1.55. The predicted molar refractivity (Wildman–Crippen MR) is 103 cm³/mol. The average molecular weight is 428 g/mol. The van der Waals surface area contributed by atoms with Crippen molar-refractivity contribution in [1.29, 1.82) is 0 Å². The van der Waals surface area contributed by atoms with Gasteiger partial charge in [0.1, 0.15) is 5.75 Å². The highest BCUT2D eigenvalue weighted by atomic mass is 32.2. The molecule has 1 unspecified atom stereocenters. The van der Waals surface area contributed by atoms with Gasteiger partial charge in [0.2, 0.25) is 10.0 Å². The third kappa shape index (κ3) is 5.09. The van der Waals surface area contributed by atoms with Crippen molar-refractivity contribution in [3.8, 4) is 5.75 Å². The summed E-state index contributed by atoms with van der Waals surface area (Å²) in [5.41, 5.74) is -0.329. The van der Waals surface area contributed by atoms with Crippen molar-refractivity contribution in [2.45, 2.75) is 30.0 Å². The van der Waals surface area contributed by atoms with Gasteiger partial charge in [-0.05, 0) is 55.8 Å². The molecule has 158 valence electrons. The van der Waals surface area contributed by atoms with Gasteiger partial charge in [0.25, 0.3) is 0 Å². The van der Waals surface area contributed by atoms with E-state index in [1.165, 1.54) is 12.1 Å². The zero-order chi connectivity index (χ0) is 21.1. The van der Waals surface area contributed by atoms with E-state index < -0.39 is 26.7 Å². The molecule has 1 heterocycles. The molecule has 5 nitrogen and oxygen atoms in total. The lowest BCUT2D eigenvalue weighted by Gasteiger charge is -2.28. The van der Waals surface area contributed by atoms with Gasteiger partial charge in [-0.2, -0.15) is 13.2 Å². The lowest BCUT2D eigenvalue weighted by Crippen LogP contribution is -2.37. The molecule has 1 atom stereocenters. The van der Waals surface area contributed by atoms with Crippen LogP contribution < -0.4 is 9.46 Å². The smallest absolute Gasteiger partial charge is 0.417 e. The quantitative estimate of drug-likeness (QED) is 0.728. The molecule has 0 aliphatic carbocycles. The second-order valence-corrected chi connectivity index (χ2v) is 8.62. The molecule has 3 rings (SSSR count). The van der Waals surface area contributed by atoms with Crippen LogP contribution in [0.5, 0.6) is 5.75 Å². The van der Waals surface area contributed by atoms with Crippen molar-refractivity contribution in [3.05, 3.63) is 59.7 Å². The van der Waals surface area contributed by atoms with Gasteiger partial charge in [-0.1, -0.05) is 24.3 Å². The molecule has 0 radical (unpaired) electrons. The van der Waals surface area contributed by atoms with Gasteiger partial charge in [0.15, 0.2) is 0 Å². The van der Waals surface area contributed by atoms with Crippen LogP contribution in [0.1, 0.15) is 30.0 Å². The number of benzene rings is 2. The van der Waals surface area contributed by atoms with Crippen LogP contribution in [0.3, 0.4) is 0 Å². The summed E-state index contributed by atoms with van der Waals surface area (Å²) in [5, 5.41) is 0. The molecule has 0 saturated carbocycles. The van der Waals surface area contributed by atoms with Gasteiger partial charge >= 0.3 is 6.18 Å². The van der Waals surface area contributed by atoms with E-state index in [0.717, 1.165) is 43.6 Å². The Kier molecular flexibility index (Phi) is 6.50. The zero-order valence-corrected chi connectivity index (χ0v) is 16.8. The van der Waals surface area contributed by atoms with E-state index in [9.17, 15) is 21.6 Å². The second-order valence-electron chi connectivity index (χ2n) is 6.88. The molecule has 0 spiro atoms. The van der Waals surface area contributed by atoms with Crippen LogP contribution in [-0.2, 0) is 16.2 Å². The van der Waals surface area contributed by atoms with Crippen LogP contribution in [0.15, 0.2) is 53.4 Å². The SMILES string of the molecule is COc1cccc(C(CNS(=O)(=O)c2ccccc2C(F)(F)F)N2CCCC2)c1. The highest BCUT2D eigenvalue weighted by Crippen LogP contribution is 2.34. The molecule has 0 aromatic heterocycles. The number of alkyl halides is 3. The minimum Gasteiger partial charge on any atom is -0.497 e. The van der Waals surface area contributed by atoms with Crippen molar-refractivity contribution in [3.63, 3.8) is 0 Å². The van der Waals surface area contributed by atoms with Crippen LogP contribution in [-0.4, -0.2) is 40.1 Å². The van der Waals surface area contributed by atoms with Gasteiger partial charge in [-0.15, -0.1) is 0 Å². The topological polar surface area (TPSA) is 58.6 Å². The number of methoxy groups -OCH3 is 1. The van der Waals surface area contributed by atoms with Gasteiger partial charge < -0.3 is 4.74 Å². The molecule has 1 fully saturated rings. The Labute approximate surface area is 168 Å². The Hall–Kier alpha value is -2.10. The van der Waals surface area contributed by atoms with Crippen molar-refractivity contribution in [2.75, 3.05) is 26.7 Å². The van der Waals surface area contributed by atoms with E-state index in [4.69, 9.17) is 4.74 Å². The first kappa shape index (κ1) is 21.6. The molecule has 29 heavy (non-hydrogen) atoms. The lowest BCUT2D eigenvalue weighted by molar-refractivity contribution is -0.139. The average Bonchev–Trinajstić information content (AvgIpc) is 3.22. The molecule has 0 bridgehead atoms. The van der Waals surface area contributed by atoms with E-state index in [2.05, 4.69) is 9.62 Å². The maximum Gasteiger partial charge on any atom is 0.417 e. The molecule has 1 aliphatic rings. The normalized spacial score (nSPS) is 16.7. The molecular weight excluding hydrogens is 405 g/mol. The fourth-order valence-corrected chi connectivity index (χ4v) is 4.83. The van der Waals surface area contributed by atoms with E-state index >= 15 is 0 Å². The summed E-state index contributed by atoms with van der Waals surface area (Å²) in [5.74, 6) is 0.636. The number of hydrogen-bond donors (Lipinski definition) is 1. The number of nitrogens with zero attached hydrogens (tertiary/aromatic N) is 1. The first-order chi connectivity index (χ1) is 13.7. The van der Waals surface area contributed by atoms with Crippen molar-refractivity contribution in [2.24, 2.45) is 0 Å². The maximum atomic E-state index is 13.3. The minimum absolute atomic E-state index is 0.0400. The Morgan fingerprint density at radius 2 is 1.79 bits per heavy atom. The van der Waals surface area contributed by atoms with E-state index in [1.54, 1.807) is 13.2 Å². The molecule has 2 aromatic rings. The van der Waals surface area contributed by atoms with Crippen molar-refractivity contribution >= 4 is 10.0 Å². The second kappa shape index (κ2) is 8.73. The highest BCUT2D eigenvalue weighted by Gasteiger charge is 2.37. The summed E-state index contributed by atoms with van der Waals surface area (Å²) in [6, 6.07) is 11.2. The molecule has 1 aliphatic heterocycles. The van der Waals surface area contributed by atoms with E-state index in [0.29, 0.717) is 5.75 Å². The Balaban J connectivity index is 1.87. The van der Waals surface area contributed by atoms with Crippen LogP contribution in [0.25, 0.3) is 0 Å². The van der Waals surface area contributed by atoms with Crippen LogP contribution in [0.4, 0.5) is 13.2 Å². The number of rotatable bonds is 7. The molecular formula is C20H23F3N2O3S. The number of ether oxygens (including phenoxy) is 1. The molecule has 1 N–H and O–H groups in total. The third-order valence-corrected chi connectivity index (χ3v) is 6.49. The highest BCUT2D eigenvalue weighted by molar-refractivity contribution is 7.89. The standard InChI is InChI=1S/C20H23F3N2O3S/c1-28-16-8-6-7-15(13-16)18(25-11-4-5-12-25)14-24-29(26,27)19-10-3-2-9-17(19)20(21,22)23/h2-3,6-10,13,18,24H,4-5,11-12,14H2,1H3. The molecule has 0 amide bonds. The first-order valence-corrected chi connectivity index (χ1v) is 10.7. The number of halogens is 3. The van der Waals surface area contributed by atoms with Crippen LogP contribution in [0, 0.1) is 0 Å². The summed E-state index contributed by atoms with van der Waals surface area (Å²) < 4.78 is 72.9. The Morgan fingerprint density at radius 1 is 1.10 bits per heavy atom. The number of likely N-dealkylation sites (tertiary alicyclic amines) is 1. The number of hydrogen-bond acceptors (Lipinski definition) is 4. The van der Waals surface area contributed by atoms with Gasteiger partial charge in [0.05, 0.1) is 17.6 Å². The molecule has 1 saturated heterocycles. The number of nitrogens with one attached hydrogen (secondary N) is 1. The lowest BCUT2D eigenvalue weighted by atomic mass is 10.1. The van der Waals surface area contributed by atoms with Gasteiger partial charge in [-0.25, -0.2) is 13.1 Å². The van der Waals surface area contributed by atoms with Crippen LogP contribution in [0.2, 0.25) is 0 Å². The van der Waals surface area contributed by atoms with Gasteiger partial charge in [-0.3, -0.25) is 4.90 Å². The molecule has 2 aromatic carbocycles. The summed E-state index contributed by atoms with van der Waals surface area (Å²) in [6.07, 6.45) is -2.78. The molecule has 9 heteroatoms. The monoisotopic (exact) mass is 428 g/mol. The Morgan fingerprint density at radius 3 is 2.45 bits per heavy atom. The maximum absolute atomic E-state index is 13.3. The predicted octanol–water partition coefficient (Wildman–Crippen LogP) is 3.83. The fraction of sp³-hybridized carbons (Fsp3) is 0.400. The van der Waals surface area contributed by atoms with Crippen molar-refractivity contribution in [1.82, 2.24) is 9.62 Å². The first-order valence-electron chi connectivity index (χ1n) is 9.26. The number of sulfonamides is 1. The minimum atomic E-state index is -4.76. The largest absolute Gasteiger partial charge is 0.497 e. The Bertz CT molecular complexity index is 942. The zero-order valence-electron chi connectivity index (χ0n) is 15.9. The van der Waals surface area contributed by atoms with E-state index in [-0.39, 0.29) is 12.6 Å². The third-order valence-electron chi connectivity index (χ3n) is 5.01. The summed E-state index contributed by atoms with van der Waals surface area (Å²) >= 11 is 0. The summed E-state index contributed by atoms with van der Waals surface area (Å²) in [4.78, 5) is 1.37. The summed E-state index contributed by atoms with van der Waals surface area (Å²) in [7, 11) is -2.81. The van der Waals surface area contributed by atoms with Crippen LogP contribution >= 0.6 is 0 Å². The van der Waals surface area contributed by atoms with Crippen molar-refractivity contribution < 1.29 is 26.3 Å².